The molecule has 0 saturated heterocycles. The zero-order chi connectivity index (χ0) is 13.0. The molecule has 0 spiro atoms. The number of hydrogen-bond acceptors (Lipinski definition) is 4. The van der Waals surface area contributed by atoms with Crippen molar-refractivity contribution >= 4 is 22.9 Å². The topological polar surface area (TPSA) is 59.4 Å². The minimum Gasteiger partial charge on any atom is -0.502 e. The second kappa shape index (κ2) is 5.31. The Kier molecular flexibility index (Phi) is 3.57. The molecule has 0 atom stereocenters. The van der Waals surface area contributed by atoms with E-state index < -0.39 is 11.7 Å². The Morgan fingerprint density at radius 3 is 2.89 bits per heavy atom. The monoisotopic (exact) mass is 243 g/mol. The van der Waals surface area contributed by atoms with Crippen LogP contribution in [0.4, 0.5) is 0 Å². The molecule has 0 saturated carbocycles. The van der Waals surface area contributed by atoms with Gasteiger partial charge in [0, 0.05) is 11.5 Å². The zero-order valence-corrected chi connectivity index (χ0v) is 9.96. The molecule has 92 valence electrons. The predicted molar refractivity (Wildman–Crippen MR) is 69.0 cm³/mol. The van der Waals surface area contributed by atoms with Crippen LogP contribution < -0.4 is 0 Å². The summed E-state index contributed by atoms with van der Waals surface area (Å²) in [5, 5.41) is 10.5. The van der Waals surface area contributed by atoms with Crippen molar-refractivity contribution in [1.82, 2.24) is 4.98 Å². The number of aliphatic hydroxyl groups is 1. The average Bonchev–Trinajstić information content (AvgIpc) is 2.39. The van der Waals surface area contributed by atoms with Gasteiger partial charge in [0.05, 0.1) is 17.8 Å². The van der Waals surface area contributed by atoms with Crippen molar-refractivity contribution in [3.63, 3.8) is 0 Å². The number of carbonyl (C=O) groups is 1. The lowest BCUT2D eigenvalue weighted by Crippen LogP contribution is -2.06. The summed E-state index contributed by atoms with van der Waals surface area (Å²) in [6, 6.07) is 11.2. The Morgan fingerprint density at radius 2 is 2.11 bits per heavy atom. The molecule has 1 N–H and O–H groups in total. The Balaban J connectivity index is 2.31. The lowest BCUT2D eigenvalue weighted by molar-refractivity contribution is -0.141. The molecule has 1 aromatic heterocycles. The smallest absolute Gasteiger partial charge is 0.373 e. The lowest BCUT2D eigenvalue weighted by atomic mass is 10.2. The van der Waals surface area contributed by atoms with E-state index in [0.29, 0.717) is 5.69 Å². The number of hydrogen-bond donors (Lipinski definition) is 1. The van der Waals surface area contributed by atoms with Gasteiger partial charge < -0.3 is 9.84 Å². The van der Waals surface area contributed by atoms with Gasteiger partial charge in [0.15, 0.2) is 0 Å². The van der Waals surface area contributed by atoms with Crippen LogP contribution in [0.5, 0.6) is 0 Å². The standard InChI is InChI=1S/C14H13NO3/c1-2-18-14(17)13(16)9-11-8-7-10-5-3-4-6-12(10)15-11/h3-9,16H,2H2,1H3/b13-9-. The molecular weight excluding hydrogens is 230 g/mol. The third-order valence-electron chi connectivity index (χ3n) is 2.39. The molecule has 1 aromatic carbocycles. The summed E-state index contributed by atoms with van der Waals surface area (Å²) in [4.78, 5) is 15.6. The van der Waals surface area contributed by atoms with Gasteiger partial charge in [-0.25, -0.2) is 9.78 Å². The number of esters is 1. The van der Waals surface area contributed by atoms with Gasteiger partial charge in [0.25, 0.3) is 0 Å². The van der Waals surface area contributed by atoms with E-state index in [1.165, 1.54) is 6.08 Å². The number of aromatic nitrogens is 1. The summed E-state index contributed by atoms with van der Waals surface area (Å²) in [6.07, 6.45) is 1.30. The van der Waals surface area contributed by atoms with Crippen LogP contribution in [-0.4, -0.2) is 22.7 Å². The van der Waals surface area contributed by atoms with Crippen LogP contribution >= 0.6 is 0 Å². The van der Waals surface area contributed by atoms with E-state index in [2.05, 4.69) is 9.72 Å². The zero-order valence-electron chi connectivity index (χ0n) is 9.96. The molecule has 18 heavy (non-hydrogen) atoms. The first-order valence-corrected chi connectivity index (χ1v) is 5.64. The summed E-state index contributed by atoms with van der Waals surface area (Å²) in [7, 11) is 0. The predicted octanol–water partition coefficient (Wildman–Crippen LogP) is 2.70. The maximum Gasteiger partial charge on any atom is 0.373 e. The number of aliphatic hydroxyl groups excluding tert-OH is 1. The molecule has 2 rings (SSSR count). The molecule has 0 bridgehead atoms. The quantitative estimate of drug-likeness (QED) is 0.511. The molecule has 0 aliphatic heterocycles. The maximum atomic E-state index is 11.2. The highest BCUT2D eigenvalue weighted by Gasteiger charge is 2.08. The lowest BCUT2D eigenvalue weighted by Gasteiger charge is -2.01. The number of fused-ring (bicyclic) bond motifs is 1. The summed E-state index contributed by atoms with van der Waals surface area (Å²) < 4.78 is 4.68. The molecule has 2 aromatic rings. The summed E-state index contributed by atoms with van der Waals surface area (Å²) in [5.74, 6) is -1.19. The van der Waals surface area contributed by atoms with Crippen molar-refractivity contribution in [3.05, 3.63) is 47.9 Å². The van der Waals surface area contributed by atoms with Gasteiger partial charge in [0.2, 0.25) is 5.76 Å². The fraction of sp³-hybridized carbons (Fsp3) is 0.143. The van der Waals surface area contributed by atoms with E-state index in [4.69, 9.17) is 0 Å². The van der Waals surface area contributed by atoms with Crippen molar-refractivity contribution in [2.75, 3.05) is 6.61 Å². The minimum absolute atomic E-state index is 0.224. The Hall–Kier alpha value is -2.36. The highest BCUT2D eigenvalue weighted by atomic mass is 16.5. The first-order valence-electron chi connectivity index (χ1n) is 5.64. The molecule has 0 radical (unpaired) electrons. The first kappa shape index (κ1) is 12.1. The second-order valence-corrected chi connectivity index (χ2v) is 3.68. The number of carbonyl (C=O) groups excluding carboxylic acids is 1. The third kappa shape index (κ3) is 2.66. The highest BCUT2D eigenvalue weighted by molar-refractivity contribution is 5.91. The van der Waals surface area contributed by atoms with Crippen molar-refractivity contribution in [2.24, 2.45) is 0 Å². The van der Waals surface area contributed by atoms with E-state index in [1.54, 1.807) is 13.0 Å². The Bertz CT molecular complexity index is 605. The number of para-hydroxylation sites is 1. The number of ether oxygens (including phenoxy) is 1. The SMILES string of the molecule is CCOC(=O)/C(O)=C/c1ccc2ccccc2n1. The summed E-state index contributed by atoms with van der Waals surface area (Å²) >= 11 is 0. The largest absolute Gasteiger partial charge is 0.502 e. The van der Waals surface area contributed by atoms with Crippen LogP contribution in [0.2, 0.25) is 0 Å². The highest BCUT2D eigenvalue weighted by Crippen LogP contribution is 2.13. The Morgan fingerprint density at radius 1 is 1.33 bits per heavy atom. The number of rotatable bonds is 3. The van der Waals surface area contributed by atoms with E-state index in [0.717, 1.165) is 10.9 Å². The maximum absolute atomic E-state index is 11.2. The van der Waals surface area contributed by atoms with Crippen LogP contribution in [0.3, 0.4) is 0 Å². The Labute approximate surface area is 105 Å². The van der Waals surface area contributed by atoms with E-state index in [1.807, 2.05) is 30.3 Å². The first-order chi connectivity index (χ1) is 8.70. The molecule has 0 aliphatic rings. The van der Waals surface area contributed by atoms with Crippen LogP contribution in [-0.2, 0) is 9.53 Å². The molecular formula is C14H13NO3. The van der Waals surface area contributed by atoms with Gasteiger partial charge in [-0.3, -0.25) is 0 Å². The van der Waals surface area contributed by atoms with E-state index >= 15 is 0 Å². The minimum atomic E-state index is -0.743. The summed E-state index contributed by atoms with van der Waals surface area (Å²) in [6.45, 7) is 1.90. The van der Waals surface area contributed by atoms with Crippen molar-refractivity contribution < 1.29 is 14.6 Å². The normalized spacial score (nSPS) is 11.5. The van der Waals surface area contributed by atoms with Gasteiger partial charge in [0.1, 0.15) is 0 Å². The van der Waals surface area contributed by atoms with Gasteiger partial charge >= 0.3 is 5.97 Å². The molecule has 4 nitrogen and oxygen atoms in total. The van der Waals surface area contributed by atoms with E-state index in [9.17, 15) is 9.90 Å². The number of nitrogens with zero attached hydrogens (tertiary/aromatic N) is 1. The molecule has 1 heterocycles. The van der Waals surface area contributed by atoms with Gasteiger partial charge in [-0.15, -0.1) is 0 Å². The van der Waals surface area contributed by atoms with Crippen LogP contribution in [0.25, 0.3) is 17.0 Å². The molecule has 0 fully saturated rings. The average molecular weight is 243 g/mol. The van der Waals surface area contributed by atoms with Gasteiger partial charge in [-0.05, 0) is 19.1 Å². The molecule has 0 unspecified atom stereocenters. The number of pyridine rings is 1. The second-order valence-electron chi connectivity index (χ2n) is 3.68. The fourth-order valence-corrected chi connectivity index (χ4v) is 1.57. The molecule has 0 amide bonds. The van der Waals surface area contributed by atoms with Crippen molar-refractivity contribution in [1.29, 1.82) is 0 Å². The molecule has 4 heteroatoms. The van der Waals surface area contributed by atoms with Crippen molar-refractivity contribution in [3.8, 4) is 0 Å². The van der Waals surface area contributed by atoms with Crippen LogP contribution in [0.15, 0.2) is 42.2 Å². The number of benzene rings is 1. The molecule has 0 aliphatic carbocycles. The third-order valence-corrected chi connectivity index (χ3v) is 2.39. The van der Waals surface area contributed by atoms with Gasteiger partial charge in [-0.2, -0.15) is 0 Å². The van der Waals surface area contributed by atoms with Crippen LogP contribution in [0, 0.1) is 0 Å². The van der Waals surface area contributed by atoms with Crippen molar-refractivity contribution in [2.45, 2.75) is 6.92 Å². The fourth-order valence-electron chi connectivity index (χ4n) is 1.57. The van der Waals surface area contributed by atoms with Gasteiger partial charge in [-0.1, -0.05) is 24.3 Å². The van der Waals surface area contributed by atoms with E-state index in [-0.39, 0.29) is 6.61 Å². The summed E-state index contributed by atoms with van der Waals surface area (Å²) in [5.41, 5.74) is 1.32. The van der Waals surface area contributed by atoms with Crippen LogP contribution in [0.1, 0.15) is 12.6 Å².